The molecule has 0 spiro atoms. The molecule has 5 rings (SSSR count). The first-order valence-electron chi connectivity index (χ1n) is 10.0. The van der Waals surface area contributed by atoms with E-state index in [-0.39, 0.29) is 11.9 Å². The number of nitrogen functional groups attached to an aromatic ring is 1. The van der Waals surface area contributed by atoms with Crippen LogP contribution in [0.5, 0.6) is 0 Å². The van der Waals surface area contributed by atoms with Gasteiger partial charge in [0.25, 0.3) is 0 Å². The van der Waals surface area contributed by atoms with Gasteiger partial charge >= 0.3 is 0 Å². The fraction of sp³-hybridized carbons (Fsp3) is 0.208. The molecule has 4 aromatic rings. The first-order chi connectivity index (χ1) is 14.8. The van der Waals surface area contributed by atoms with E-state index in [1.165, 1.54) is 12.1 Å². The van der Waals surface area contributed by atoms with Gasteiger partial charge in [0.15, 0.2) is 0 Å². The van der Waals surface area contributed by atoms with E-state index >= 15 is 0 Å². The van der Waals surface area contributed by atoms with E-state index in [2.05, 4.69) is 11.2 Å². The van der Waals surface area contributed by atoms with Crippen LogP contribution in [-0.4, -0.2) is 25.5 Å². The molecule has 2 aromatic carbocycles. The first kappa shape index (κ1) is 19.2. The Morgan fingerprint density at radius 3 is 2.48 bits per heavy atom. The van der Waals surface area contributed by atoms with Crippen LogP contribution >= 0.6 is 0 Å². The molecule has 1 saturated carbocycles. The maximum Gasteiger partial charge on any atom is 0.140 e. The van der Waals surface area contributed by atoms with Crippen LogP contribution in [0, 0.1) is 17.1 Å². The molecule has 0 atom stereocenters. The van der Waals surface area contributed by atoms with Crippen LogP contribution in [0.15, 0.2) is 54.6 Å². The summed E-state index contributed by atoms with van der Waals surface area (Å²) in [5.41, 5.74) is 9.35. The van der Waals surface area contributed by atoms with Crippen molar-refractivity contribution >= 4 is 16.7 Å². The predicted molar refractivity (Wildman–Crippen MR) is 116 cm³/mol. The van der Waals surface area contributed by atoms with Gasteiger partial charge in [0.2, 0.25) is 0 Å². The largest absolute Gasteiger partial charge is 0.390 e. The van der Waals surface area contributed by atoms with Gasteiger partial charge in [0.05, 0.1) is 22.9 Å². The number of nitriles is 1. The Balaban J connectivity index is 1.57. The highest BCUT2D eigenvalue weighted by molar-refractivity contribution is 5.87. The van der Waals surface area contributed by atoms with Crippen molar-refractivity contribution in [2.45, 2.75) is 31.4 Å². The zero-order valence-electron chi connectivity index (χ0n) is 16.9. The lowest BCUT2D eigenvalue weighted by atomic mass is 9.77. The Kier molecular flexibility index (Phi) is 4.27. The molecule has 7 heteroatoms. The number of rotatable bonds is 3. The summed E-state index contributed by atoms with van der Waals surface area (Å²) in [4.78, 5) is 4.72. The van der Waals surface area contributed by atoms with Crippen molar-refractivity contribution in [2.24, 2.45) is 0 Å². The smallest absolute Gasteiger partial charge is 0.140 e. The Labute approximate surface area is 178 Å². The number of nitrogens with zero attached hydrogens (tertiary/aromatic N) is 4. The standard InChI is InChI=1S/C24H20FN5O/c1-24(31)11-18(12-24)30-23(27)19(13-26)22(29-30)16-3-2-15-6-9-20(28-21(15)10-16)14-4-7-17(25)8-5-14/h2-10,18,31H,11-12,27H2,1H3/t18-,24+. The topological polar surface area (TPSA) is 101 Å². The minimum Gasteiger partial charge on any atom is -0.390 e. The van der Waals surface area contributed by atoms with Crippen molar-refractivity contribution in [3.8, 4) is 28.6 Å². The van der Waals surface area contributed by atoms with Crippen LogP contribution in [0.3, 0.4) is 0 Å². The van der Waals surface area contributed by atoms with E-state index in [1.807, 2.05) is 30.3 Å². The molecule has 0 radical (unpaired) electrons. The summed E-state index contributed by atoms with van der Waals surface area (Å²) in [5.74, 6) is 0.0168. The van der Waals surface area contributed by atoms with Gasteiger partial charge in [-0.15, -0.1) is 0 Å². The van der Waals surface area contributed by atoms with Gasteiger partial charge in [-0.3, -0.25) is 0 Å². The normalized spacial score (nSPS) is 20.4. The summed E-state index contributed by atoms with van der Waals surface area (Å²) >= 11 is 0. The summed E-state index contributed by atoms with van der Waals surface area (Å²) in [5, 5.41) is 25.3. The Hall–Kier alpha value is -3.76. The number of halogens is 1. The SMILES string of the molecule is C[C@]1(O)C[C@@H](n2nc(-c3ccc4ccc(-c5ccc(F)cc5)nc4c3)c(C#N)c2N)C1. The maximum atomic E-state index is 13.3. The molecule has 31 heavy (non-hydrogen) atoms. The molecule has 2 aromatic heterocycles. The van der Waals surface area contributed by atoms with Gasteiger partial charge in [-0.05, 0) is 56.2 Å². The molecule has 1 aliphatic rings. The zero-order valence-corrected chi connectivity index (χ0v) is 16.9. The minimum absolute atomic E-state index is 0.0282. The highest BCUT2D eigenvalue weighted by Crippen LogP contribution is 2.43. The van der Waals surface area contributed by atoms with E-state index in [9.17, 15) is 14.8 Å². The second-order valence-corrected chi connectivity index (χ2v) is 8.34. The second kappa shape index (κ2) is 6.89. The molecule has 0 unspecified atom stereocenters. The molecule has 154 valence electrons. The van der Waals surface area contributed by atoms with Crippen LogP contribution < -0.4 is 5.73 Å². The third-order valence-electron chi connectivity index (χ3n) is 5.86. The van der Waals surface area contributed by atoms with Gasteiger partial charge in [-0.1, -0.05) is 18.2 Å². The summed E-state index contributed by atoms with van der Waals surface area (Å²) in [6, 6.07) is 17.9. The number of anilines is 1. The fourth-order valence-corrected chi connectivity index (χ4v) is 4.21. The molecule has 0 saturated heterocycles. The molecule has 0 bridgehead atoms. The molecular formula is C24H20FN5O. The number of nitrogens with two attached hydrogens (primary N) is 1. The zero-order chi connectivity index (χ0) is 21.8. The van der Waals surface area contributed by atoms with E-state index in [4.69, 9.17) is 10.7 Å². The Morgan fingerprint density at radius 2 is 1.81 bits per heavy atom. The quantitative estimate of drug-likeness (QED) is 0.517. The molecule has 0 amide bonds. The lowest BCUT2D eigenvalue weighted by molar-refractivity contribution is -0.0535. The maximum absolute atomic E-state index is 13.3. The van der Waals surface area contributed by atoms with Crippen LogP contribution in [0.1, 0.15) is 31.4 Å². The Bertz CT molecular complexity index is 1340. The van der Waals surface area contributed by atoms with Crippen molar-refractivity contribution in [1.82, 2.24) is 14.8 Å². The number of benzene rings is 2. The van der Waals surface area contributed by atoms with Crippen molar-refractivity contribution in [2.75, 3.05) is 5.73 Å². The van der Waals surface area contributed by atoms with Crippen LogP contribution in [-0.2, 0) is 0 Å². The highest BCUT2D eigenvalue weighted by atomic mass is 19.1. The first-order valence-corrected chi connectivity index (χ1v) is 10.0. The number of aromatic nitrogens is 3. The molecule has 1 aliphatic carbocycles. The monoisotopic (exact) mass is 413 g/mol. The predicted octanol–water partition coefficient (Wildman–Crippen LogP) is 4.44. The van der Waals surface area contributed by atoms with E-state index in [0.717, 1.165) is 27.7 Å². The van der Waals surface area contributed by atoms with Gasteiger partial charge in [-0.25, -0.2) is 14.1 Å². The fourth-order valence-electron chi connectivity index (χ4n) is 4.21. The van der Waals surface area contributed by atoms with E-state index < -0.39 is 5.60 Å². The number of pyridine rings is 1. The number of hydrogen-bond donors (Lipinski definition) is 2. The molecule has 2 heterocycles. The minimum atomic E-state index is -0.723. The average molecular weight is 413 g/mol. The molecule has 3 N–H and O–H groups in total. The van der Waals surface area contributed by atoms with Gasteiger partial charge < -0.3 is 10.8 Å². The van der Waals surface area contributed by atoms with Gasteiger partial charge in [0, 0.05) is 16.5 Å². The summed E-state index contributed by atoms with van der Waals surface area (Å²) in [7, 11) is 0. The number of fused-ring (bicyclic) bond motifs is 1. The molecule has 0 aliphatic heterocycles. The molecule has 1 fully saturated rings. The summed E-state index contributed by atoms with van der Waals surface area (Å²) in [6.07, 6.45) is 1.09. The third kappa shape index (κ3) is 3.31. The molecular weight excluding hydrogens is 393 g/mol. The van der Waals surface area contributed by atoms with Crippen molar-refractivity contribution < 1.29 is 9.50 Å². The van der Waals surface area contributed by atoms with Gasteiger partial charge in [-0.2, -0.15) is 10.4 Å². The van der Waals surface area contributed by atoms with Crippen LogP contribution in [0.4, 0.5) is 10.2 Å². The van der Waals surface area contributed by atoms with Crippen molar-refractivity contribution in [3.05, 3.63) is 66.0 Å². The lowest BCUT2D eigenvalue weighted by Gasteiger charge is -2.41. The number of aliphatic hydroxyl groups is 1. The van der Waals surface area contributed by atoms with Crippen LogP contribution in [0.2, 0.25) is 0 Å². The lowest BCUT2D eigenvalue weighted by Crippen LogP contribution is -2.42. The number of hydrogen-bond acceptors (Lipinski definition) is 5. The summed E-state index contributed by atoms with van der Waals surface area (Å²) < 4.78 is 14.9. The highest BCUT2D eigenvalue weighted by Gasteiger charge is 2.41. The van der Waals surface area contributed by atoms with E-state index in [1.54, 1.807) is 23.7 Å². The van der Waals surface area contributed by atoms with Crippen molar-refractivity contribution in [1.29, 1.82) is 5.26 Å². The third-order valence-corrected chi connectivity index (χ3v) is 5.86. The van der Waals surface area contributed by atoms with Crippen molar-refractivity contribution in [3.63, 3.8) is 0 Å². The van der Waals surface area contributed by atoms with E-state index in [0.29, 0.717) is 29.9 Å². The Morgan fingerprint density at radius 1 is 1.13 bits per heavy atom. The van der Waals surface area contributed by atoms with Crippen LogP contribution in [0.25, 0.3) is 33.4 Å². The molecule has 6 nitrogen and oxygen atoms in total. The summed E-state index contributed by atoms with van der Waals surface area (Å²) in [6.45, 7) is 1.78. The average Bonchev–Trinajstić information content (AvgIpc) is 3.07. The second-order valence-electron chi connectivity index (χ2n) is 8.34. The van der Waals surface area contributed by atoms with Gasteiger partial charge in [0.1, 0.15) is 29.0 Å².